The zero-order chi connectivity index (χ0) is 11.3. The molecule has 6 nitrogen and oxygen atoms in total. The van der Waals surface area contributed by atoms with Gasteiger partial charge in [0.05, 0.1) is 6.54 Å². The summed E-state index contributed by atoms with van der Waals surface area (Å²) < 4.78 is 1.35. The average Bonchev–Trinajstić information content (AvgIpc) is 2.61. The quantitative estimate of drug-likeness (QED) is 0.311. The lowest BCUT2D eigenvalue weighted by molar-refractivity contribution is -0.392. The van der Waals surface area contributed by atoms with Crippen LogP contribution in [0.2, 0.25) is 0 Å². The molecular formula is C9H13N3O3. The zero-order valence-electron chi connectivity index (χ0n) is 8.55. The van der Waals surface area contributed by atoms with Gasteiger partial charge in [0.1, 0.15) is 6.20 Å². The SMILES string of the molecule is CCCCCn1c([N+](=O)[O-])cnc1C=O. The molecule has 0 aromatic carbocycles. The Balaban J connectivity index is 2.85. The molecule has 1 aromatic heterocycles. The number of nitro groups is 1. The molecule has 0 unspecified atom stereocenters. The van der Waals surface area contributed by atoms with Crippen LogP contribution in [0.4, 0.5) is 5.82 Å². The summed E-state index contributed by atoms with van der Waals surface area (Å²) in [6, 6.07) is 0. The van der Waals surface area contributed by atoms with Gasteiger partial charge in [-0.05, 0) is 17.8 Å². The van der Waals surface area contributed by atoms with Crippen molar-refractivity contribution in [3.63, 3.8) is 0 Å². The molecule has 82 valence electrons. The monoisotopic (exact) mass is 211 g/mol. The summed E-state index contributed by atoms with van der Waals surface area (Å²) in [5.74, 6) is 0.00556. The van der Waals surface area contributed by atoms with Gasteiger partial charge in [0.25, 0.3) is 5.82 Å². The standard InChI is InChI=1S/C9H13N3O3/c1-2-3-4-5-11-8(7-13)10-6-9(11)12(14)15/h6-7H,2-5H2,1H3. The number of hydrogen-bond acceptors (Lipinski definition) is 4. The van der Waals surface area contributed by atoms with Gasteiger partial charge in [0.15, 0.2) is 0 Å². The van der Waals surface area contributed by atoms with Gasteiger partial charge in [-0.1, -0.05) is 13.3 Å². The predicted octanol–water partition coefficient (Wildman–Crippen LogP) is 1.79. The van der Waals surface area contributed by atoms with Crippen molar-refractivity contribution >= 4 is 12.1 Å². The van der Waals surface area contributed by atoms with Crippen LogP contribution in [0.15, 0.2) is 6.20 Å². The van der Waals surface area contributed by atoms with E-state index in [0.29, 0.717) is 12.8 Å². The third kappa shape index (κ3) is 2.61. The van der Waals surface area contributed by atoms with Crippen LogP contribution in [-0.2, 0) is 6.54 Å². The normalized spacial score (nSPS) is 10.2. The number of aromatic nitrogens is 2. The molecule has 0 saturated carbocycles. The van der Waals surface area contributed by atoms with Gasteiger partial charge in [0.2, 0.25) is 6.29 Å². The molecule has 0 amide bonds. The first-order chi connectivity index (χ1) is 7.20. The predicted molar refractivity (Wildman–Crippen MR) is 53.8 cm³/mol. The smallest absolute Gasteiger partial charge is 0.343 e. The minimum absolute atomic E-state index is 0.117. The van der Waals surface area contributed by atoms with E-state index in [9.17, 15) is 14.9 Å². The van der Waals surface area contributed by atoms with Crippen molar-refractivity contribution in [2.45, 2.75) is 32.7 Å². The summed E-state index contributed by atoms with van der Waals surface area (Å²) in [5.41, 5.74) is 0. The molecule has 1 aromatic rings. The highest BCUT2D eigenvalue weighted by molar-refractivity contribution is 5.70. The van der Waals surface area contributed by atoms with E-state index in [0.717, 1.165) is 25.5 Å². The van der Waals surface area contributed by atoms with Gasteiger partial charge in [-0.3, -0.25) is 4.79 Å². The molecule has 1 rings (SSSR count). The highest BCUT2D eigenvalue weighted by atomic mass is 16.6. The summed E-state index contributed by atoms with van der Waals surface area (Å²) in [5, 5.41) is 10.6. The van der Waals surface area contributed by atoms with Gasteiger partial charge in [-0.2, -0.15) is 0 Å². The van der Waals surface area contributed by atoms with Crippen LogP contribution in [0, 0.1) is 10.1 Å². The highest BCUT2D eigenvalue weighted by Gasteiger charge is 2.18. The van der Waals surface area contributed by atoms with Crippen molar-refractivity contribution in [2.24, 2.45) is 0 Å². The third-order valence-corrected chi connectivity index (χ3v) is 2.14. The van der Waals surface area contributed by atoms with Gasteiger partial charge in [-0.15, -0.1) is 0 Å². The number of carbonyl (C=O) groups is 1. The Bertz CT molecular complexity index is 359. The molecule has 0 fully saturated rings. The van der Waals surface area contributed by atoms with Crippen LogP contribution in [0.5, 0.6) is 0 Å². The number of imidazole rings is 1. The molecule has 15 heavy (non-hydrogen) atoms. The lowest BCUT2D eigenvalue weighted by Gasteiger charge is -2.00. The Morgan fingerprint density at radius 1 is 1.60 bits per heavy atom. The van der Waals surface area contributed by atoms with Gasteiger partial charge in [0, 0.05) is 0 Å². The molecule has 0 aliphatic carbocycles. The first-order valence-electron chi connectivity index (χ1n) is 4.85. The fourth-order valence-corrected chi connectivity index (χ4v) is 1.37. The number of nitrogens with zero attached hydrogens (tertiary/aromatic N) is 3. The van der Waals surface area contributed by atoms with Crippen LogP contribution in [0.1, 0.15) is 36.8 Å². The second kappa shape index (κ2) is 5.23. The molecule has 1 heterocycles. The Morgan fingerprint density at radius 2 is 2.33 bits per heavy atom. The second-order valence-corrected chi connectivity index (χ2v) is 3.21. The zero-order valence-corrected chi connectivity index (χ0v) is 8.55. The molecule has 0 aliphatic rings. The van der Waals surface area contributed by atoms with E-state index in [4.69, 9.17) is 0 Å². The number of hydrogen-bond donors (Lipinski definition) is 0. The topological polar surface area (TPSA) is 78.0 Å². The number of carbonyl (C=O) groups excluding carboxylic acids is 1. The molecule has 0 aliphatic heterocycles. The lowest BCUT2D eigenvalue weighted by atomic mass is 10.2. The van der Waals surface area contributed by atoms with Crippen molar-refractivity contribution in [1.29, 1.82) is 0 Å². The van der Waals surface area contributed by atoms with Crippen LogP contribution >= 0.6 is 0 Å². The summed E-state index contributed by atoms with van der Waals surface area (Å²) in [6.45, 7) is 2.52. The average molecular weight is 211 g/mol. The fraction of sp³-hybridized carbons (Fsp3) is 0.556. The van der Waals surface area contributed by atoms with Gasteiger partial charge in [-0.25, -0.2) is 9.55 Å². The minimum Gasteiger partial charge on any atom is -0.358 e. The van der Waals surface area contributed by atoms with Crippen molar-refractivity contribution < 1.29 is 9.72 Å². The van der Waals surface area contributed by atoms with Crippen molar-refractivity contribution in [1.82, 2.24) is 9.55 Å². The molecule has 0 radical (unpaired) electrons. The van der Waals surface area contributed by atoms with E-state index in [1.807, 2.05) is 6.92 Å². The summed E-state index contributed by atoms with van der Waals surface area (Å²) >= 11 is 0. The van der Waals surface area contributed by atoms with Crippen LogP contribution < -0.4 is 0 Å². The maximum Gasteiger partial charge on any atom is 0.343 e. The maximum atomic E-state index is 10.6. The minimum atomic E-state index is -0.522. The summed E-state index contributed by atoms with van der Waals surface area (Å²) in [7, 11) is 0. The van der Waals surface area contributed by atoms with Gasteiger partial charge >= 0.3 is 5.82 Å². The molecular weight excluding hydrogens is 198 g/mol. The van der Waals surface area contributed by atoms with Crippen LogP contribution in [0.3, 0.4) is 0 Å². The first kappa shape index (κ1) is 11.4. The fourth-order valence-electron chi connectivity index (χ4n) is 1.37. The molecule has 6 heteroatoms. The van der Waals surface area contributed by atoms with Crippen LogP contribution in [0.25, 0.3) is 0 Å². The summed E-state index contributed by atoms with van der Waals surface area (Å²) in [6.07, 6.45) is 4.48. The Morgan fingerprint density at radius 3 is 2.87 bits per heavy atom. The highest BCUT2D eigenvalue weighted by Crippen LogP contribution is 2.14. The third-order valence-electron chi connectivity index (χ3n) is 2.14. The van der Waals surface area contributed by atoms with Crippen LogP contribution in [-0.4, -0.2) is 20.8 Å². The number of unbranched alkanes of at least 4 members (excludes halogenated alkanes) is 2. The summed E-state index contributed by atoms with van der Waals surface area (Å²) in [4.78, 5) is 24.4. The van der Waals surface area contributed by atoms with Crippen molar-refractivity contribution in [3.8, 4) is 0 Å². The number of rotatable bonds is 6. The van der Waals surface area contributed by atoms with E-state index in [-0.39, 0.29) is 11.6 Å². The van der Waals surface area contributed by atoms with Gasteiger partial charge < -0.3 is 10.1 Å². The van der Waals surface area contributed by atoms with E-state index in [2.05, 4.69) is 4.98 Å². The van der Waals surface area contributed by atoms with E-state index in [1.165, 1.54) is 4.57 Å². The van der Waals surface area contributed by atoms with E-state index in [1.54, 1.807) is 0 Å². The lowest BCUT2D eigenvalue weighted by Crippen LogP contribution is -2.06. The molecule has 0 atom stereocenters. The van der Waals surface area contributed by atoms with E-state index >= 15 is 0 Å². The molecule has 0 N–H and O–H groups in total. The van der Waals surface area contributed by atoms with Crippen molar-refractivity contribution in [3.05, 3.63) is 22.1 Å². The number of aldehydes is 1. The van der Waals surface area contributed by atoms with Crippen molar-refractivity contribution in [2.75, 3.05) is 0 Å². The van der Waals surface area contributed by atoms with E-state index < -0.39 is 4.92 Å². The Labute approximate surface area is 87.1 Å². The largest absolute Gasteiger partial charge is 0.358 e. The molecule has 0 spiro atoms. The molecule has 0 bridgehead atoms. The molecule has 0 saturated heterocycles. The maximum absolute atomic E-state index is 10.6. The Kier molecular flexibility index (Phi) is 3.96. The second-order valence-electron chi connectivity index (χ2n) is 3.21. The first-order valence-corrected chi connectivity index (χ1v) is 4.85. The Hall–Kier alpha value is -1.72.